The van der Waals surface area contributed by atoms with Crippen molar-refractivity contribution in [2.75, 3.05) is 18.5 Å². The quantitative estimate of drug-likeness (QED) is 0.701. The van der Waals surface area contributed by atoms with Gasteiger partial charge in [0.2, 0.25) is 0 Å². The summed E-state index contributed by atoms with van der Waals surface area (Å²) in [5, 5.41) is 15.0. The van der Waals surface area contributed by atoms with E-state index in [9.17, 15) is 9.90 Å². The minimum absolute atomic E-state index is 0.0655. The van der Waals surface area contributed by atoms with Gasteiger partial charge >= 0.3 is 6.03 Å². The number of carbonyl (C=O) groups excluding carboxylic acids is 1. The second-order valence-electron chi connectivity index (χ2n) is 5.45. The molecule has 1 atom stereocenters. The third-order valence-corrected chi connectivity index (χ3v) is 3.64. The molecule has 5 heteroatoms. The van der Waals surface area contributed by atoms with Crippen molar-refractivity contribution in [1.29, 1.82) is 0 Å². The van der Waals surface area contributed by atoms with Gasteiger partial charge in [0.05, 0.1) is 12.1 Å². The number of hydrogen-bond acceptors (Lipinski definition) is 3. The first-order chi connectivity index (χ1) is 10.1. The zero-order chi connectivity index (χ0) is 15.3. The van der Waals surface area contributed by atoms with E-state index in [-0.39, 0.29) is 19.2 Å². The molecule has 0 aliphatic heterocycles. The molecular weight excluding hydrogens is 268 g/mol. The number of nitrogens with one attached hydrogen (secondary N) is 2. The standard InChI is InChI=1S/C16H20N2O3/c1-3-10-21-14-8-6-13(7-9-14)17-15(20)18-16(2,11-19)12-4-5-12/h1,6-9,12,19H,4-5,10-11H2,2H3,(H2,17,18,20). The molecule has 0 radical (unpaired) electrons. The molecule has 1 fully saturated rings. The van der Waals surface area contributed by atoms with E-state index in [0.29, 0.717) is 17.4 Å². The summed E-state index contributed by atoms with van der Waals surface area (Å²) in [6.45, 7) is 2.01. The van der Waals surface area contributed by atoms with Crippen LogP contribution in [0.4, 0.5) is 10.5 Å². The topological polar surface area (TPSA) is 70.6 Å². The van der Waals surface area contributed by atoms with Crippen molar-refractivity contribution in [3.05, 3.63) is 24.3 Å². The maximum absolute atomic E-state index is 12.0. The number of aliphatic hydroxyl groups is 1. The van der Waals surface area contributed by atoms with Gasteiger partial charge < -0.3 is 20.5 Å². The first kappa shape index (κ1) is 15.2. The van der Waals surface area contributed by atoms with Gasteiger partial charge in [0.15, 0.2) is 0 Å². The van der Waals surface area contributed by atoms with Crippen molar-refractivity contribution in [3.8, 4) is 18.1 Å². The lowest BCUT2D eigenvalue weighted by molar-refractivity contribution is 0.159. The van der Waals surface area contributed by atoms with Crippen LogP contribution in [-0.2, 0) is 0 Å². The highest BCUT2D eigenvalue weighted by molar-refractivity contribution is 5.89. The maximum Gasteiger partial charge on any atom is 0.319 e. The molecule has 1 aliphatic rings. The summed E-state index contributed by atoms with van der Waals surface area (Å²) in [7, 11) is 0. The molecule has 2 amide bonds. The monoisotopic (exact) mass is 288 g/mol. The minimum Gasteiger partial charge on any atom is -0.481 e. The number of amides is 2. The third-order valence-electron chi connectivity index (χ3n) is 3.64. The second kappa shape index (κ2) is 6.51. The van der Waals surface area contributed by atoms with Crippen molar-refractivity contribution < 1.29 is 14.6 Å². The van der Waals surface area contributed by atoms with Crippen LogP contribution in [0.2, 0.25) is 0 Å². The van der Waals surface area contributed by atoms with Gasteiger partial charge in [0, 0.05) is 5.69 Å². The van der Waals surface area contributed by atoms with Crippen LogP contribution in [0.5, 0.6) is 5.75 Å². The van der Waals surface area contributed by atoms with Crippen LogP contribution >= 0.6 is 0 Å². The summed E-state index contributed by atoms with van der Waals surface area (Å²) < 4.78 is 5.26. The molecule has 1 aromatic rings. The fourth-order valence-corrected chi connectivity index (χ4v) is 2.17. The number of benzene rings is 1. The van der Waals surface area contributed by atoms with Crippen LogP contribution in [0.25, 0.3) is 0 Å². The van der Waals surface area contributed by atoms with E-state index in [1.54, 1.807) is 24.3 Å². The van der Waals surface area contributed by atoms with Crippen LogP contribution < -0.4 is 15.4 Å². The maximum atomic E-state index is 12.0. The number of terminal acetylenes is 1. The van der Waals surface area contributed by atoms with Gasteiger partial charge in [0.25, 0.3) is 0 Å². The Morgan fingerprint density at radius 3 is 2.67 bits per heavy atom. The van der Waals surface area contributed by atoms with Crippen molar-refractivity contribution in [2.45, 2.75) is 25.3 Å². The molecule has 1 aliphatic carbocycles. The molecule has 0 spiro atoms. The SMILES string of the molecule is C#CCOc1ccc(NC(=O)NC(C)(CO)C2CC2)cc1. The van der Waals surface area contributed by atoms with E-state index in [1.807, 2.05) is 6.92 Å². The van der Waals surface area contributed by atoms with E-state index < -0.39 is 5.54 Å². The lowest BCUT2D eigenvalue weighted by atomic mass is 9.97. The molecule has 0 saturated heterocycles. The predicted octanol–water partition coefficient (Wildman–Crippen LogP) is 1.98. The molecule has 0 aromatic heterocycles. The zero-order valence-corrected chi connectivity index (χ0v) is 12.1. The number of carbonyl (C=O) groups is 1. The summed E-state index contributed by atoms with van der Waals surface area (Å²) in [5.41, 5.74) is 0.0940. The lowest BCUT2D eigenvalue weighted by Gasteiger charge is -2.28. The molecule has 112 valence electrons. The number of urea groups is 1. The van der Waals surface area contributed by atoms with Crippen LogP contribution in [-0.4, -0.2) is 29.9 Å². The number of rotatable bonds is 6. The fourth-order valence-electron chi connectivity index (χ4n) is 2.17. The van der Waals surface area contributed by atoms with Crippen molar-refractivity contribution in [2.24, 2.45) is 5.92 Å². The van der Waals surface area contributed by atoms with E-state index in [2.05, 4.69) is 16.6 Å². The Labute approximate surface area is 124 Å². The number of hydrogen-bond donors (Lipinski definition) is 3. The largest absolute Gasteiger partial charge is 0.481 e. The number of ether oxygens (including phenoxy) is 1. The summed E-state index contributed by atoms with van der Waals surface area (Å²) in [6, 6.07) is 6.62. The highest BCUT2D eigenvalue weighted by atomic mass is 16.5. The van der Waals surface area contributed by atoms with Crippen LogP contribution in [0.3, 0.4) is 0 Å². The average Bonchev–Trinajstić information content (AvgIpc) is 3.31. The van der Waals surface area contributed by atoms with Gasteiger partial charge in [-0.1, -0.05) is 5.92 Å². The van der Waals surface area contributed by atoms with Gasteiger partial charge in [-0.25, -0.2) is 4.79 Å². The number of anilines is 1. The molecule has 21 heavy (non-hydrogen) atoms. The highest BCUT2D eigenvalue weighted by Gasteiger charge is 2.42. The van der Waals surface area contributed by atoms with Gasteiger partial charge in [-0.3, -0.25) is 0 Å². The van der Waals surface area contributed by atoms with Gasteiger partial charge in [0.1, 0.15) is 12.4 Å². The van der Waals surface area contributed by atoms with E-state index >= 15 is 0 Å². The second-order valence-corrected chi connectivity index (χ2v) is 5.45. The predicted molar refractivity (Wildman–Crippen MR) is 81.1 cm³/mol. The van der Waals surface area contributed by atoms with Crippen molar-refractivity contribution >= 4 is 11.7 Å². The van der Waals surface area contributed by atoms with Crippen molar-refractivity contribution in [3.63, 3.8) is 0 Å². The minimum atomic E-state index is -0.556. The fraction of sp³-hybridized carbons (Fsp3) is 0.438. The van der Waals surface area contributed by atoms with Crippen LogP contribution in [0.1, 0.15) is 19.8 Å². The highest BCUT2D eigenvalue weighted by Crippen LogP contribution is 2.39. The van der Waals surface area contributed by atoms with E-state index in [4.69, 9.17) is 11.2 Å². The summed E-state index contributed by atoms with van der Waals surface area (Å²) >= 11 is 0. The molecule has 1 aromatic carbocycles. The normalized spacial score (nSPS) is 16.4. The molecule has 2 rings (SSSR count). The molecule has 1 saturated carbocycles. The third kappa shape index (κ3) is 4.14. The molecule has 3 N–H and O–H groups in total. The Hall–Kier alpha value is -2.19. The average molecular weight is 288 g/mol. The Bertz CT molecular complexity index is 531. The summed E-state index contributed by atoms with van der Waals surface area (Å²) in [5.74, 6) is 3.39. The summed E-state index contributed by atoms with van der Waals surface area (Å²) in [4.78, 5) is 12.0. The van der Waals surface area contributed by atoms with Gasteiger partial charge in [-0.05, 0) is 49.9 Å². The molecule has 5 nitrogen and oxygen atoms in total. The molecule has 0 heterocycles. The number of aliphatic hydroxyl groups excluding tert-OH is 1. The van der Waals surface area contributed by atoms with Crippen molar-refractivity contribution in [1.82, 2.24) is 5.32 Å². The Morgan fingerprint density at radius 1 is 1.48 bits per heavy atom. The van der Waals surface area contributed by atoms with Crippen LogP contribution in [0, 0.1) is 18.3 Å². The Kier molecular flexibility index (Phi) is 4.71. The smallest absolute Gasteiger partial charge is 0.319 e. The molecule has 0 bridgehead atoms. The lowest BCUT2D eigenvalue weighted by Crippen LogP contribution is -2.52. The van der Waals surface area contributed by atoms with E-state index in [0.717, 1.165) is 12.8 Å². The van der Waals surface area contributed by atoms with Crippen LogP contribution in [0.15, 0.2) is 24.3 Å². The Morgan fingerprint density at radius 2 is 2.14 bits per heavy atom. The molecular formula is C16H20N2O3. The Balaban J connectivity index is 1.89. The first-order valence-electron chi connectivity index (χ1n) is 6.94. The van der Waals surface area contributed by atoms with E-state index in [1.165, 1.54) is 0 Å². The first-order valence-corrected chi connectivity index (χ1v) is 6.94. The zero-order valence-electron chi connectivity index (χ0n) is 12.1. The van der Waals surface area contributed by atoms with Gasteiger partial charge in [-0.2, -0.15) is 0 Å². The van der Waals surface area contributed by atoms with Gasteiger partial charge in [-0.15, -0.1) is 6.42 Å². The molecule has 1 unspecified atom stereocenters. The summed E-state index contributed by atoms with van der Waals surface area (Å²) in [6.07, 6.45) is 7.19.